The van der Waals surface area contributed by atoms with Gasteiger partial charge in [0.25, 0.3) is 5.91 Å². The molecule has 0 aliphatic carbocycles. The molecule has 0 saturated heterocycles. The van der Waals surface area contributed by atoms with Gasteiger partial charge in [0.2, 0.25) is 0 Å². The van der Waals surface area contributed by atoms with Crippen LogP contribution in [0.3, 0.4) is 0 Å². The number of carbonyl (C=O) groups excluding carboxylic acids is 2. The van der Waals surface area contributed by atoms with Crippen molar-refractivity contribution in [3.63, 3.8) is 0 Å². The summed E-state index contributed by atoms with van der Waals surface area (Å²) >= 11 is 0. The Morgan fingerprint density at radius 1 is 1.13 bits per heavy atom. The average molecular weight is 319 g/mol. The number of amides is 3. The monoisotopic (exact) mass is 319 g/mol. The first-order valence-electron chi connectivity index (χ1n) is 6.79. The Hall–Kier alpha value is -2.96. The number of anilines is 1. The summed E-state index contributed by atoms with van der Waals surface area (Å²) in [5, 5.41) is 4.97. The number of rotatable bonds is 4. The van der Waals surface area contributed by atoms with E-state index in [1.807, 2.05) is 0 Å². The first-order chi connectivity index (χ1) is 10.9. The number of nitrogens with two attached hydrogens (primary N) is 1. The van der Waals surface area contributed by atoms with E-state index in [1.165, 1.54) is 18.2 Å². The van der Waals surface area contributed by atoms with Gasteiger partial charge in [-0.15, -0.1) is 0 Å². The van der Waals surface area contributed by atoms with Crippen molar-refractivity contribution in [2.24, 2.45) is 5.73 Å². The predicted molar refractivity (Wildman–Crippen MR) is 81.9 cm³/mol. The largest absolute Gasteiger partial charge is 0.351 e. The summed E-state index contributed by atoms with van der Waals surface area (Å²) in [6.45, 7) is 1.58. The lowest BCUT2D eigenvalue weighted by atomic mass is 10.1. The van der Waals surface area contributed by atoms with Crippen LogP contribution in [-0.2, 0) is 0 Å². The normalized spacial score (nSPS) is 11.6. The molecule has 0 aliphatic rings. The van der Waals surface area contributed by atoms with E-state index in [1.54, 1.807) is 19.1 Å². The van der Waals surface area contributed by atoms with Crippen LogP contribution < -0.4 is 16.4 Å². The molecule has 0 heterocycles. The molecule has 0 aliphatic heterocycles. The molecule has 0 saturated carbocycles. The van der Waals surface area contributed by atoms with E-state index < -0.39 is 29.6 Å². The molecule has 0 bridgehead atoms. The van der Waals surface area contributed by atoms with E-state index in [0.717, 1.165) is 12.1 Å². The zero-order valence-corrected chi connectivity index (χ0v) is 12.3. The number of nitrogens with one attached hydrogen (secondary N) is 2. The molecule has 120 valence electrons. The van der Waals surface area contributed by atoms with E-state index in [4.69, 9.17) is 5.73 Å². The van der Waals surface area contributed by atoms with E-state index in [0.29, 0.717) is 5.69 Å². The molecule has 0 aromatic heterocycles. The minimum atomic E-state index is -0.746. The van der Waals surface area contributed by atoms with Crippen LogP contribution in [0.1, 0.15) is 28.9 Å². The van der Waals surface area contributed by atoms with Gasteiger partial charge in [0, 0.05) is 22.9 Å². The maximum atomic E-state index is 13.7. The van der Waals surface area contributed by atoms with Gasteiger partial charge in [0.15, 0.2) is 0 Å². The van der Waals surface area contributed by atoms with Crippen LogP contribution in [0.4, 0.5) is 19.3 Å². The van der Waals surface area contributed by atoms with Crippen LogP contribution in [0.25, 0.3) is 0 Å². The Morgan fingerprint density at radius 3 is 2.52 bits per heavy atom. The maximum Gasteiger partial charge on any atom is 0.316 e. The summed E-state index contributed by atoms with van der Waals surface area (Å²) < 4.78 is 26.6. The third kappa shape index (κ3) is 4.26. The van der Waals surface area contributed by atoms with Crippen LogP contribution in [0, 0.1) is 11.6 Å². The molecule has 3 amide bonds. The second kappa shape index (κ2) is 6.87. The Balaban J connectivity index is 2.13. The molecule has 1 atom stereocenters. The van der Waals surface area contributed by atoms with Gasteiger partial charge in [0.05, 0.1) is 6.04 Å². The molecule has 0 radical (unpaired) electrons. The Kier molecular flexibility index (Phi) is 4.90. The number of hydrogen-bond acceptors (Lipinski definition) is 2. The average Bonchev–Trinajstić information content (AvgIpc) is 2.46. The van der Waals surface area contributed by atoms with Crippen LogP contribution in [0.5, 0.6) is 0 Å². The van der Waals surface area contributed by atoms with Gasteiger partial charge < -0.3 is 16.4 Å². The molecule has 2 aromatic rings. The fourth-order valence-corrected chi connectivity index (χ4v) is 2.09. The van der Waals surface area contributed by atoms with Crippen molar-refractivity contribution in [1.29, 1.82) is 0 Å². The van der Waals surface area contributed by atoms with E-state index in [9.17, 15) is 18.4 Å². The van der Waals surface area contributed by atoms with Gasteiger partial charge in [-0.2, -0.15) is 0 Å². The van der Waals surface area contributed by atoms with Crippen molar-refractivity contribution in [2.45, 2.75) is 13.0 Å². The van der Waals surface area contributed by atoms with Gasteiger partial charge in [-0.1, -0.05) is 12.1 Å². The standard InChI is InChI=1S/C16H15F2N3O2/c1-9(13-6-5-11(17)8-14(13)18)20-15(22)10-3-2-4-12(7-10)21-16(19)23/h2-9H,1H3,(H,20,22)(H3,19,21,23)/t9-/m1/s1. The Morgan fingerprint density at radius 2 is 1.87 bits per heavy atom. The number of halogens is 2. The predicted octanol–water partition coefficient (Wildman–Crippen LogP) is 2.95. The van der Waals surface area contributed by atoms with Gasteiger partial charge in [0.1, 0.15) is 11.6 Å². The summed E-state index contributed by atoms with van der Waals surface area (Å²) in [5.41, 5.74) is 5.82. The summed E-state index contributed by atoms with van der Waals surface area (Å²) in [5.74, 6) is -1.88. The maximum absolute atomic E-state index is 13.7. The summed E-state index contributed by atoms with van der Waals surface area (Å²) in [6, 6.07) is 7.88. The molecule has 2 aromatic carbocycles. The second-order valence-electron chi connectivity index (χ2n) is 4.93. The molecule has 0 fully saturated rings. The second-order valence-corrected chi connectivity index (χ2v) is 4.93. The molecule has 5 nitrogen and oxygen atoms in total. The third-order valence-electron chi connectivity index (χ3n) is 3.17. The van der Waals surface area contributed by atoms with Gasteiger partial charge >= 0.3 is 6.03 Å². The lowest BCUT2D eigenvalue weighted by molar-refractivity contribution is 0.0939. The van der Waals surface area contributed by atoms with Crippen LogP contribution >= 0.6 is 0 Å². The number of benzene rings is 2. The highest BCUT2D eigenvalue weighted by Gasteiger charge is 2.15. The first-order valence-corrected chi connectivity index (χ1v) is 6.79. The highest BCUT2D eigenvalue weighted by molar-refractivity contribution is 5.96. The third-order valence-corrected chi connectivity index (χ3v) is 3.17. The zero-order valence-electron chi connectivity index (χ0n) is 12.3. The van der Waals surface area contributed by atoms with Crippen molar-refractivity contribution in [2.75, 3.05) is 5.32 Å². The number of urea groups is 1. The topological polar surface area (TPSA) is 84.2 Å². The Bertz CT molecular complexity index is 750. The van der Waals surface area contributed by atoms with Crippen molar-refractivity contribution in [3.8, 4) is 0 Å². The van der Waals surface area contributed by atoms with Crippen molar-refractivity contribution >= 4 is 17.6 Å². The van der Waals surface area contributed by atoms with Crippen molar-refractivity contribution < 1.29 is 18.4 Å². The minimum Gasteiger partial charge on any atom is -0.351 e. The van der Waals surface area contributed by atoms with Crippen LogP contribution in [0.15, 0.2) is 42.5 Å². The lowest BCUT2D eigenvalue weighted by Gasteiger charge is -2.15. The van der Waals surface area contributed by atoms with Gasteiger partial charge in [-0.05, 0) is 31.2 Å². The van der Waals surface area contributed by atoms with E-state index >= 15 is 0 Å². The fraction of sp³-hybridized carbons (Fsp3) is 0.125. The van der Waals surface area contributed by atoms with Crippen LogP contribution in [0.2, 0.25) is 0 Å². The van der Waals surface area contributed by atoms with Gasteiger partial charge in [-0.3, -0.25) is 4.79 Å². The zero-order chi connectivity index (χ0) is 17.0. The first kappa shape index (κ1) is 16.4. The number of hydrogen-bond donors (Lipinski definition) is 3. The number of carbonyl (C=O) groups is 2. The summed E-state index contributed by atoms with van der Waals surface area (Å²) in [7, 11) is 0. The molecule has 4 N–H and O–H groups in total. The number of primary amides is 1. The van der Waals surface area contributed by atoms with Crippen molar-refractivity contribution in [1.82, 2.24) is 5.32 Å². The molecule has 2 rings (SSSR count). The smallest absolute Gasteiger partial charge is 0.316 e. The molecular formula is C16H15F2N3O2. The van der Waals surface area contributed by atoms with Crippen LogP contribution in [-0.4, -0.2) is 11.9 Å². The van der Waals surface area contributed by atoms with E-state index in [2.05, 4.69) is 10.6 Å². The quantitative estimate of drug-likeness (QED) is 0.809. The molecule has 0 spiro atoms. The minimum absolute atomic E-state index is 0.172. The lowest BCUT2D eigenvalue weighted by Crippen LogP contribution is -2.27. The highest BCUT2D eigenvalue weighted by Crippen LogP contribution is 2.19. The Labute approximate surface area is 131 Å². The SMILES string of the molecule is C[C@@H](NC(=O)c1cccc(NC(N)=O)c1)c1ccc(F)cc1F. The molecular weight excluding hydrogens is 304 g/mol. The molecule has 0 unspecified atom stereocenters. The fourth-order valence-electron chi connectivity index (χ4n) is 2.09. The summed E-state index contributed by atoms with van der Waals surface area (Å²) in [4.78, 5) is 23.0. The molecule has 7 heteroatoms. The molecule has 23 heavy (non-hydrogen) atoms. The highest BCUT2D eigenvalue weighted by atomic mass is 19.1. The summed E-state index contributed by atoms with van der Waals surface area (Å²) in [6.07, 6.45) is 0. The van der Waals surface area contributed by atoms with Gasteiger partial charge in [-0.25, -0.2) is 13.6 Å². The van der Waals surface area contributed by atoms with E-state index in [-0.39, 0.29) is 11.1 Å². The van der Waals surface area contributed by atoms with Crippen molar-refractivity contribution in [3.05, 3.63) is 65.2 Å².